The van der Waals surface area contributed by atoms with E-state index in [4.69, 9.17) is 15.2 Å². The molecule has 3 rings (SSSR count). The molecule has 1 aromatic carbocycles. The number of sulfone groups is 1. The quantitative estimate of drug-likeness (QED) is 0.888. The summed E-state index contributed by atoms with van der Waals surface area (Å²) >= 11 is 0. The summed E-state index contributed by atoms with van der Waals surface area (Å²) in [5.41, 5.74) is 6.01. The van der Waals surface area contributed by atoms with E-state index in [0.29, 0.717) is 26.1 Å². The summed E-state index contributed by atoms with van der Waals surface area (Å²) < 4.78 is 50.0. The minimum Gasteiger partial charge on any atom is -0.347 e. The van der Waals surface area contributed by atoms with Crippen molar-refractivity contribution in [2.24, 2.45) is 5.73 Å². The molecule has 2 unspecified atom stereocenters. The van der Waals surface area contributed by atoms with Crippen molar-refractivity contribution in [2.45, 2.75) is 41.2 Å². The normalized spacial score (nSPS) is 28.9. The Balaban J connectivity index is 1.93. The van der Waals surface area contributed by atoms with Crippen molar-refractivity contribution in [3.63, 3.8) is 0 Å². The van der Waals surface area contributed by atoms with Gasteiger partial charge in [0.1, 0.15) is 5.82 Å². The summed E-state index contributed by atoms with van der Waals surface area (Å²) in [5, 5.41) is -0.828. The lowest BCUT2D eigenvalue weighted by molar-refractivity contribution is -0.177. The van der Waals surface area contributed by atoms with Gasteiger partial charge in [-0.25, -0.2) is 12.8 Å². The number of hydrogen-bond acceptors (Lipinski definition) is 5. The third-order valence-corrected chi connectivity index (χ3v) is 6.41. The number of rotatable bonds is 2. The number of hydrogen-bond donors (Lipinski definition) is 1. The van der Waals surface area contributed by atoms with Crippen LogP contribution in [0.4, 0.5) is 4.39 Å². The van der Waals surface area contributed by atoms with Gasteiger partial charge in [0.15, 0.2) is 15.6 Å². The monoisotopic (exact) mass is 315 g/mol. The average molecular weight is 315 g/mol. The lowest BCUT2D eigenvalue weighted by atomic mass is 9.90. The first kappa shape index (κ1) is 14.9. The predicted molar refractivity (Wildman–Crippen MR) is 73.8 cm³/mol. The van der Waals surface area contributed by atoms with E-state index in [1.165, 1.54) is 18.2 Å². The first-order chi connectivity index (χ1) is 9.93. The molecule has 21 heavy (non-hydrogen) atoms. The standard InChI is InChI=1S/C14H18FNO4S/c15-10-2-1-3-11(8-10)21(17,18)13-9-14(5-4-12(13)16)19-6-7-20-14/h1-3,8,12-13H,4-7,9,16H2. The molecular weight excluding hydrogens is 297 g/mol. The van der Waals surface area contributed by atoms with Crippen LogP contribution < -0.4 is 5.73 Å². The highest BCUT2D eigenvalue weighted by molar-refractivity contribution is 7.92. The lowest BCUT2D eigenvalue weighted by Crippen LogP contribution is -2.52. The van der Waals surface area contributed by atoms with Crippen LogP contribution in [0.15, 0.2) is 29.2 Å². The second kappa shape index (κ2) is 5.31. The zero-order valence-corrected chi connectivity index (χ0v) is 12.3. The first-order valence-corrected chi connectivity index (χ1v) is 8.51. The highest BCUT2D eigenvalue weighted by atomic mass is 32.2. The fourth-order valence-corrected chi connectivity index (χ4v) is 5.01. The van der Waals surface area contributed by atoms with Gasteiger partial charge in [0.25, 0.3) is 0 Å². The summed E-state index contributed by atoms with van der Waals surface area (Å²) in [5.74, 6) is -1.43. The molecule has 7 heteroatoms. The Morgan fingerprint density at radius 3 is 2.67 bits per heavy atom. The van der Waals surface area contributed by atoms with Crippen LogP contribution in [0.25, 0.3) is 0 Å². The molecule has 1 aliphatic heterocycles. The minimum atomic E-state index is -3.72. The zero-order chi connectivity index (χ0) is 15.1. The van der Waals surface area contributed by atoms with Crippen molar-refractivity contribution in [1.29, 1.82) is 0 Å². The molecule has 2 atom stereocenters. The van der Waals surface area contributed by atoms with Gasteiger partial charge in [-0.05, 0) is 24.6 Å². The fourth-order valence-electron chi connectivity index (χ4n) is 3.05. The molecule has 0 amide bonds. The summed E-state index contributed by atoms with van der Waals surface area (Å²) in [6.07, 6.45) is 1.27. The van der Waals surface area contributed by atoms with E-state index in [2.05, 4.69) is 0 Å². The SMILES string of the molecule is NC1CCC2(CC1S(=O)(=O)c1cccc(F)c1)OCCO2. The largest absolute Gasteiger partial charge is 0.347 e. The van der Waals surface area contributed by atoms with Gasteiger partial charge in [-0.15, -0.1) is 0 Å². The van der Waals surface area contributed by atoms with Gasteiger partial charge in [-0.1, -0.05) is 6.07 Å². The Hall–Kier alpha value is -1.02. The Kier molecular flexibility index (Phi) is 3.77. The maximum atomic E-state index is 13.3. The summed E-state index contributed by atoms with van der Waals surface area (Å²) in [6.45, 7) is 0.921. The Labute approximate surface area is 123 Å². The van der Waals surface area contributed by atoms with Crippen molar-refractivity contribution >= 4 is 9.84 Å². The molecule has 1 spiro atoms. The van der Waals surface area contributed by atoms with Crippen LogP contribution in [0.2, 0.25) is 0 Å². The van der Waals surface area contributed by atoms with Gasteiger partial charge in [0, 0.05) is 18.9 Å². The van der Waals surface area contributed by atoms with E-state index in [1.54, 1.807) is 0 Å². The third-order valence-electron chi connectivity index (χ3n) is 4.19. The van der Waals surface area contributed by atoms with E-state index < -0.39 is 32.7 Å². The maximum Gasteiger partial charge on any atom is 0.183 e. The fraction of sp³-hybridized carbons (Fsp3) is 0.571. The molecule has 116 valence electrons. The Bertz CT molecular complexity index is 628. The van der Waals surface area contributed by atoms with Gasteiger partial charge >= 0.3 is 0 Å². The molecule has 5 nitrogen and oxygen atoms in total. The number of ether oxygens (including phenoxy) is 2. The predicted octanol–water partition coefficient (Wildman–Crippen LogP) is 1.22. The molecule has 2 aliphatic rings. The molecule has 1 heterocycles. The molecular formula is C14H18FNO4S. The minimum absolute atomic E-state index is 0.0435. The van der Waals surface area contributed by atoms with Crippen LogP contribution in [0.3, 0.4) is 0 Å². The van der Waals surface area contributed by atoms with Gasteiger partial charge in [0.2, 0.25) is 0 Å². The third kappa shape index (κ3) is 2.70. The number of nitrogens with two attached hydrogens (primary N) is 1. The van der Waals surface area contributed by atoms with E-state index in [-0.39, 0.29) is 11.3 Å². The van der Waals surface area contributed by atoms with Crippen LogP contribution in [0.1, 0.15) is 19.3 Å². The average Bonchev–Trinajstić information content (AvgIpc) is 2.90. The Morgan fingerprint density at radius 1 is 1.29 bits per heavy atom. The second-order valence-corrected chi connectivity index (χ2v) is 7.72. The first-order valence-electron chi connectivity index (χ1n) is 6.96. The zero-order valence-electron chi connectivity index (χ0n) is 11.5. The number of benzene rings is 1. The van der Waals surface area contributed by atoms with Crippen molar-refractivity contribution in [3.05, 3.63) is 30.1 Å². The lowest BCUT2D eigenvalue weighted by Gasteiger charge is -2.39. The smallest absolute Gasteiger partial charge is 0.183 e. The van der Waals surface area contributed by atoms with Crippen molar-refractivity contribution in [3.8, 4) is 0 Å². The van der Waals surface area contributed by atoms with Crippen LogP contribution >= 0.6 is 0 Å². The molecule has 0 radical (unpaired) electrons. The van der Waals surface area contributed by atoms with Gasteiger partial charge in [-0.3, -0.25) is 0 Å². The van der Waals surface area contributed by atoms with Gasteiger partial charge < -0.3 is 15.2 Å². The molecule has 1 saturated heterocycles. The highest BCUT2D eigenvalue weighted by Gasteiger charge is 2.48. The van der Waals surface area contributed by atoms with E-state index >= 15 is 0 Å². The topological polar surface area (TPSA) is 78.6 Å². The molecule has 0 aromatic heterocycles. The van der Waals surface area contributed by atoms with Crippen LogP contribution in [0, 0.1) is 5.82 Å². The van der Waals surface area contributed by atoms with Crippen molar-refractivity contribution in [1.82, 2.24) is 0 Å². The van der Waals surface area contributed by atoms with Crippen molar-refractivity contribution in [2.75, 3.05) is 13.2 Å². The van der Waals surface area contributed by atoms with Crippen LogP contribution in [-0.2, 0) is 19.3 Å². The molecule has 1 aliphatic carbocycles. The van der Waals surface area contributed by atoms with Gasteiger partial charge in [-0.2, -0.15) is 0 Å². The molecule has 1 aromatic rings. The molecule has 2 N–H and O–H groups in total. The van der Waals surface area contributed by atoms with E-state index in [9.17, 15) is 12.8 Å². The summed E-state index contributed by atoms with van der Waals surface area (Å²) in [4.78, 5) is -0.0435. The highest BCUT2D eigenvalue weighted by Crippen LogP contribution is 2.39. The van der Waals surface area contributed by atoms with Crippen LogP contribution in [0.5, 0.6) is 0 Å². The van der Waals surface area contributed by atoms with Gasteiger partial charge in [0.05, 0.1) is 23.4 Å². The maximum absolute atomic E-state index is 13.3. The summed E-state index contributed by atoms with van der Waals surface area (Å²) in [7, 11) is -3.72. The van der Waals surface area contributed by atoms with Crippen LogP contribution in [-0.4, -0.2) is 38.7 Å². The molecule has 1 saturated carbocycles. The van der Waals surface area contributed by atoms with Crippen molar-refractivity contribution < 1.29 is 22.3 Å². The number of halogens is 1. The Morgan fingerprint density at radius 2 is 2.00 bits per heavy atom. The van der Waals surface area contributed by atoms with E-state index in [0.717, 1.165) is 6.07 Å². The summed E-state index contributed by atoms with van der Waals surface area (Å²) in [6, 6.07) is 4.51. The van der Waals surface area contributed by atoms with E-state index in [1.807, 2.05) is 0 Å². The molecule has 0 bridgehead atoms. The molecule has 2 fully saturated rings. The second-order valence-electron chi connectivity index (χ2n) is 5.56.